The highest BCUT2D eigenvalue weighted by Crippen LogP contribution is 2.37. The maximum atomic E-state index is 15.1. The number of fused-ring (bicyclic) bond motifs is 2. The van der Waals surface area contributed by atoms with Crippen LogP contribution in [-0.2, 0) is 16.1 Å². The standard InChI is InChI=1S/C41H44F3N11O2/c1-26-48-35-16-28(43)14-31(38(35)53(26)13-5-11-51(2)10-4-12-52-21-41(22-52)23-57-24-41)34-6-3-7-37(50-34)49-29-17-30(20-56)54(19-29)39-32-18-47-55(40(32)46-25-45-39)36-9-8-27(42)15-33(36)44/h3,6-9,14-16,18,20,25,29-30H,4-5,10-13,17,19,21-24H2,1-2H3,(H,49,50). The molecular formula is C41H44F3N11O2. The fraction of sp³-hybridized carbons (Fsp3) is 0.415. The third-order valence-corrected chi connectivity index (χ3v) is 11.5. The van der Waals surface area contributed by atoms with Crippen molar-refractivity contribution in [3.63, 3.8) is 0 Å². The van der Waals surface area contributed by atoms with Crippen LogP contribution >= 0.6 is 0 Å². The van der Waals surface area contributed by atoms with E-state index in [4.69, 9.17) is 14.7 Å². The number of pyridine rings is 1. The zero-order chi connectivity index (χ0) is 39.3. The summed E-state index contributed by atoms with van der Waals surface area (Å²) in [4.78, 5) is 37.7. The molecule has 13 nitrogen and oxygen atoms in total. The minimum absolute atomic E-state index is 0.0397. The lowest BCUT2D eigenvalue weighted by Crippen LogP contribution is -2.65. The molecule has 4 aromatic heterocycles. The van der Waals surface area contributed by atoms with Crippen LogP contribution in [0.25, 0.3) is 39.0 Å². The predicted molar refractivity (Wildman–Crippen MR) is 210 cm³/mol. The van der Waals surface area contributed by atoms with Gasteiger partial charge in [0.15, 0.2) is 11.5 Å². The van der Waals surface area contributed by atoms with E-state index >= 15 is 4.39 Å². The summed E-state index contributed by atoms with van der Waals surface area (Å²) in [5.41, 5.74) is 3.49. The Morgan fingerprint density at radius 3 is 2.60 bits per heavy atom. The van der Waals surface area contributed by atoms with Gasteiger partial charge in [0.25, 0.3) is 0 Å². The number of likely N-dealkylation sites (tertiary alicyclic amines) is 1. The van der Waals surface area contributed by atoms with E-state index in [9.17, 15) is 13.6 Å². The number of aromatic nitrogens is 7. The molecule has 9 rings (SSSR count). The Hall–Kier alpha value is -5.45. The van der Waals surface area contributed by atoms with E-state index in [-0.39, 0.29) is 17.5 Å². The van der Waals surface area contributed by atoms with Crippen LogP contribution in [-0.4, -0.2) is 122 Å². The van der Waals surface area contributed by atoms with E-state index in [1.54, 1.807) is 0 Å². The zero-order valence-corrected chi connectivity index (χ0v) is 31.9. The average molecular weight is 780 g/mol. The van der Waals surface area contributed by atoms with Crippen LogP contribution in [0.1, 0.15) is 25.1 Å². The predicted octanol–water partition coefficient (Wildman–Crippen LogP) is 5.26. The van der Waals surface area contributed by atoms with Crippen LogP contribution in [0.2, 0.25) is 0 Å². The number of rotatable bonds is 14. The molecule has 57 heavy (non-hydrogen) atoms. The van der Waals surface area contributed by atoms with Gasteiger partial charge >= 0.3 is 0 Å². The van der Waals surface area contributed by atoms with E-state index in [1.807, 2.05) is 30.0 Å². The SMILES string of the molecule is Cc1nc2cc(F)cc(-c3cccc(NC4CC(C=O)N(c5ncnc6c5cnn6-c5ccc(F)cc5F)C4)n3)c2n1CCCN(C)CCCN1CC2(COC2)C1. The van der Waals surface area contributed by atoms with Crippen LogP contribution in [0.4, 0.5) is 24.8 Å². The summed E-state index contributed by atoms with van der Waals surface area (Å²) in [6.07, 6.45) is 6.23. The molecule has 296 valence electrons. The van der Waals surface area contributed by atoms with Crippen LogP contribution in [0.5, 0.6) is 0 Å². The number of anilines is 2. The van der Waals surface area contributed by atoms with E-state index in [0.717, 1.165) is 95.1 Å². The second-order valence-corrected chi connectivity index (χ2v) is 15.8. The van der Waals surface area contributed by atoms with E-state index in [0.29, 0.717) is 57.8 Å². The van der Waals surface area contributed by atoms with Gasteiger partial charge in [-0.25, -0.2) is 37.8 Å². The smallest absolute Gasteiger partial charge is 0.168 e. The number of hydrogen-bond donors (Lipinski definition) is 1. The summed E-state index contributed by atoms with van der Waals surface area (Å²) in [5.74, 6) is -0.00439. The Morgan fingerprint density at radius 1 is 1.00 bits per heavy atom. The molecule has 1 N–H and O–H groups in total. The Morgan fingerprint density at radius 2 is 1.82 bits per heavy atom. The second kappa shape index (κ2) is 15.1. The maximum absolute atomic E-state index is 15.1. The lowest BCUT2D eigenvalue weighted by Gasteiger charge is -2.55. The van der Waals surface area contributed by atoms with Gasteiger partial charge in [-0.3, -0.25) is 0 Å². The number of aldehydes is 1. The zero-order valence-electron chi connectivity index (χ0n) is 31.9. The van der Waals surface area contributed by atoms with Gasteiger partial charge in [0.1, 0.15) is 47.4 Å². The maximum Gasteiger partial charge on any atom is 0.168 e. The number of nitrogens with zero attached hydrogens (tertiary/aromatic N) is 10. The molecule has 3 fully saturated rings. The Bertz CT molecular complexity index is 2440. The molecule has 3 aliphatic rings. The van der Waals surface area contributed by atoms with Gasteiger partial charge in [0.2, 0.25) is 0 Å². The molecular weight excluding hydrogens is 736 g/mol. The van der Waals surface area contributed by atoms with Gasteiger partial charge in [0.05, 0.1) is 47.6 Å². The molecule has 2 aromatic carbocycles. The first-order valence-electron chi connectivity index (χ1n) is 19.4. The molecule has 6 aromatic rings. The van der Waals surface area contributed by atoms with Gasteiger partial charge in [-0.2, -0.15) is 5.10 Å². The van der Waals surface area contributed by atoms with Crippen molar-refractivity contribution in [3.8, 4) is 16.9 Å². The van der Waals surface area contributed by atoms with E-state index in [1.165, 1.54) is 35.4 Å². The largest absolute Gasteiger partial charge is 0.380 e. The number of carbonyl (C=O) groups excluding carboxylic acids is 1. The van der Waals surface area contributed by atoms with E-state index < -0.39 is 17.7 Å². The highest BCUT2D eigenvalue weighted by atomic mass is 19.1. The van der Waals surface area contributed by atoms with Gasteiger partial charge in [-0.1, -0.05) is 6.07 Å². The number of benzene rings is 2. The number of carbonyl (C=O) groups is 1. The Balaban J connectivity index is 0.887. The van der Waals surface area contributed by atoms with Gasteiger partial charge in [0, 0.05) is 55.3 Å². The molecule has 3 aliphatic heterocycles. The van der Waals surface area contributed by atoms with E-state index in [2.05, 4.69) is 41.8 Å². The quantitative estimate of drug-likeness (QED) is 0.146. The average Bonchev–Trinajstić information content (AvgIpc) is 3.86. The lowest BCUT2D eigenvalue weighted by atomic mass is 9.78. The monoisotopic (exact) mass is 779 g/mol. The summed E-state index contributed by atoms with van der Waals surface area (Å²) >= 11 is 0. The highest BCUT2D eigenvalue weighted by molar-refractivity contribution is 5.92. The Kier molecular flexibility index (Phi) is 9.86. The number of halogens is 3. The fourth-order valence-corrected chi connectivity index (χ4v) is 8.74. The van der Waals surface area contributed by atoms with Crippen LogP contribution < -0.4 is 10.2 Å². The summed E-state index contributed by atoms with van der Waals surface area (Å²) in [6, 6.07) is 11.1. The number of imidazole rings is 1. The molecule has 1 spiro atoms. The summed E-state index contributed by atoms with van der Waals surface area (Å²) in [5, 5.41) is 8.33. The summed E-state index contributed by atoms with van der Waals surface area (Å²) in [6.45, 7) is 10.3. The molecule has 3 saturated heterocycles. The minimum Gasteiger partial charge on any atom is -0.380 e. The van der Waals surface area contributed by atoms with Crippen molar-refractivity contribution in [2.45, 2.75) is 44.8 Å². The number of hydrogen-bond acceptors (Lipinski definition) is 11. The first kappa shape index (κ1) is 37.1. The fourth-order valence-electron chi connectivity index (χ4n) is 8.74. The first-order valence-corrected chi connectivity index (χ1v) is 19.4. The third-order valence-electron chi connectivity index (χ3n) is 11.5. The van der Waals surface area contributed by atoms with Crippen molar-refractivity contribution >= 4 is 40.0 Å². The Labute approximate surface area is 327 Å². The summed E-state index contributed by atoms with van der Waals surface area (Å²) < 4.78 is 52.3. The summed E-state index contributed by atoms with van der Waals surface area (Å²) in [7, 11) is 2.17. The molecule has 2 atom stereocenters. The van der Waals surface area contributed by atoms with Crippen molar-refractivity contribution in [2.75, 3.05) is 69.7 Å². The second-order valence-electron chi connectivity index (χ2n) is 15.8. The first-order chi connectivity index (χ1) is 27.7. The van der Waals surface area contributed by atoms with Gasteiger partial charge < -0.3 is 34.1 Å². The van der Waals surface area contributed by atoms with Gasteiger partial charge in [-0.05, 0) is 83.2 Å². The topological polar surface area (TPSA) is 122 Å². The number of ether oxygens (including phenoxy) is 1. The normalized spacial score (nSPS) is 19.2. The number of nitrogens with one attached hydrogen (secondary N) is 1. The van der Waals surface area contributed by atoms with Crippen molar-refractivity contribution < 1.29 is 22.7 Å². The molecule has 16 heteroatoms. The molecule has 7 heterocycles. The van der Waals surface area contributed by atoms with Crippen LogP contribution in [0.15, 0.2) is 61.1 Å². The van der Waals surface area contributed by atoms with Crippen molar-refractivity contribution in [2.24, 2.45) is 5.41 Å². The minimum atomic E-state index is -0.783. The van der Waals surface area contributed by atoms with Crippen LogP contribution in [0.3, 0.4) is 0 Å². The lowest BCUT2D eigenvalue weighted by molar-refractivity contribution is -0.188. The molecule has 0 bridgehead atoms. The molecule has 0 radical (unpaired) electrons. The molecule has 0 saturated carbocycles. The highest BCUT2D eigenvalue weighted by Gasteiger charge is 2.48. The third kappa shape index (κ3) is 7.21. The van der Waals surface area contributed by atoms with Gasteiger partial charge in [-0.15, -0.1) is 0 Å². The van der Waals surface area contributed by atoms with Crippen molar-refractivity contribution in [3.05, 3.63) is 84.3 Å². The molecule has 0 aliphatic carbocycles. The molecule has 0 amide bonds. The van der Waals surface area contributed by atoms with Crippen molar-refractivity contribution in [1.82, 2.24) is 44.1 Å². The van der Waals surface area contributed by atoms with Crippen molar-refractivity contribution in [1.29, 1.82) is 0 Å². The molecule has 2 unspecified atom stereocenters. The van der Waals surface area contributed by atoms with Crippen LogP contribution in [0, 0.1) is 29.8 Å². The number of aryl methyl sites for hydroxylation is 2.